The molecular weight excluding hydrogens is 276 g/mol. The number of ketones is 1. The number of ether oxygens (including phenoxy) is 1. The molecule has 3 nitrogen and oxygen atoms in total. The standard InChI is InChI=1S/C19H32O3/c1-7-13(3)9-14(4)10-15(5)11-16(6)17-12-18(20)19(21,8-2)22-17/h11-15,21H,7-10H2,1-6H3/b16-11+/t13-,14+,15-,19?/m0/s1. The quantitative estimate of drug-likeness (QED) is 0.712. The molecule has 0 aromatic heterocycles. The second kappa shape index (κ2) is 7.96. The SMILES string of the molecule is CC[C@H](C)C[C@@H](C)C[C@H](C)/C=C(\C)C1=CC(=O)C(O)(CC)O1. The molecule has 1 rings (SSSR count). The Bertz CT molecular complexity index is 450. The molecule has 3 heteroatoms. The van der Waals surface area contributed by atoms with Crippen LogP contribution in [0.4, 0.5) is 0 Å². The second-order valence-electron chi connectivity index (χ2n) is 7.03. The lowest BCUT2D eigenvalue weighted by Crippen LogP contribution is -2.35. The summed E-state index contributed by atoms with van der Waals surface area (Å²) in [6.07, 6.45) is 7.44. The largest absolute Gasteiger partial charge is 0.454 e. The highest BCUT2D eigenvalue weighted by Gasteiger charge is 2.41. The summed E-state index contributed by atoms with van der Waals surface area (Å²) in [7, 11) is 0. The van der Waals surface area contributed by atoms with Gasteiger partial charge in [0.1, 0.15) is 5.76 Å². The molecule has 0 amide bonds. The van der Waals surface area contributed by atoms with Crippen LogP contribution in [-0.4, -0.2) is 16.7 Å². The van der Waals surface area contributed by atoms with E-state index in [2.05, 4.69) is 33.8 Å². The van der Waals surface area contributed by atoms with E-state index in [1.807, 2.05) is 6.92 Å². The molecule has 126 valence electrons. The Kier molecular flexibility index (Phi) is 6.86. The lowest BCUT2D eigenvalue weighted by Gasteiger charge is -2.21. The van der Waals surface area contributed by atoms with E-state index in [1.165, 1.54) is 18.9 Å². The molecule has 0 saturated carbocycles. The predicted molar refractivity (Wildman–Crippen MR) is 90.2 cm³/mol. The van der Waals surface area contributed by atoms with Gasteiger partial charge in [0.2, 0.25) is 5.78 Å². The van der Waals surface area contributed by atoms with Crippen LogP contribution in [-0.2, 0) is 9.53 Å². The van der Waals surface area contributed by atoms with Gasteiger partial charge in [-0.05, 0) is 43.1 Å². The Hall–Kier alpha value is -1.09. The van der Waals surface area contributed by atoms with Gasteiger partial charge in [0, 0.05) is 12.5 Å². The number of carbonyl (C=O) groups is 1. The molecule has 0 aromatic carbocycles. The number of rotatable bonds is 8. The Morgan fingerprint density at radius 2 is 1.91 bits per heavy atom. The number of hydrogen-bond donors (Lipinski definition) is 1. The fraction of sp³-hybridized carbons (Fsp3) is 0.737. The van der Waals surface area contributed by atoms with Crippen LogP contribution in [0, 0.1) is 17.8 Å². The minimum atomic E-state index is -1.66. The van der Waals surface area contributed by atoms with Crippen molar-refractivity contribution < 1.29 is 14.6 Å². The summed E-state index contributed by atoms with van der Waals surface area (Å²) in [6.45, 7) is 12.7. The van der Waals surface area contributed by atoms with Crippen molar-refractivity contribution >= 4 is 5.78 Å². The Balaban J connectivity index is 2.62. The number of allylic oxidation sites excluding steroid dienone is 2. The van der Waals surface area contributed by atoms with Crippen molar-refractivity contribution in [1.29, 1.82) is 0 Å². The zero-order chi connectivity index (χ0) is 16.9. The average Bonchev–Trinajstić information content (AvgIpc) is 2.75. The van der Waals surface area contributed by atoms with E-state index in [1.54, 1.807) is 6.92 Å². The molecule has 1 N–H and O–H groups in total. The van der Waals surface area contributed by atoms with Crippen molar-refractivity contribution in [2.75, 3.05) is 0 Å². The molecule has 1 aliphatic heterocycles. The van der Waals surface area contributed by atoms with Crippen molar-refractivity contribution in [2.24, 2.45) is 17.8 Å². The van der Waals surface area contributed by atoms with Crippen LogP contribution in [0.3, 0.4) is 0 Å². The Morgan fingerprint density at radius 1 is 1.27 bits per heavy atom. The normalized spacial score (nSPS) is 26.4. The zero-order valence-electron chi connectivity index (χ0n) is 15.0. The first kappa shape index (κ1) is 19.0. The van der Waals surface area contributed by atoms with Gasteiger partial charge in [-0.15, -0.1) is 0 Å². The van der Waals surface area contributed by atoms with Gasteiger partial charge in [-0.3, -0.25) is 4.79 Å². The topological polar surface area (TPSA) is 46.5 Å². The summed E-state index contributed by atoms with van der Waals surface area (Å²) in [4.78, 5) is 11.8. The number of aliphatic hydroxyl groups is 1. The van der Waals surface area contributed by atoms with Crippen molar-refractivity contribution in [2.45, 2.75) is 73.0 Å². The second-order valence-corrected chi connectivity index (χ2v) is 7.03. The highest BCUT2D eigenvalue weighted by atomic mass is 16.6. The van der Waals surface area contributed by atoms with Gasteiger partial charge in [-0.2, -0.15) is 0 Å². The lowest BCUT2D eigenvalue weighted by atomic mass is 9.88. The van der Waals surface area contributed by atoms with Crippen LogP contribution in [0.2, 0.25) is 0 Å². The van der Waals surface area contributed by atoms with Gasteiger partial charge in [0.15, 0.2) is 0 Å². The van der Waals surface area contributed by atoms with Crippen LogP contribution in [0.5, 0.6) is 0 Å². The fourth-order valence-electron chi connectivity index (χ4n) is 3.10. The number of hydrogen-bond acceptors (Lipinski definition) is 3. The molecule has 4 atom stereocenters. The van der Waals surface area contributed by atoms with E-state index < -0.39 is 5.79 Å². The summed E-state index contributed by atoms with van der Waals surface area (Å²) in [6, 6.07) is 0. The first-order valence-corrected chi connectivity index (χ1v) is 8.58. The van der Waals surface area contributed by atoms with E-state index in [0.717, 1.165) is 17.9 Å². The Morgan fingerprint density at radius 3 is 2.41 bits per heavy atom. The van der Waals surface area contributed by atoms with Crippen molar-refractivity contribution in [1.82, 2.24) is 0 Å². The summed E-state index contributed by atoms with van der Waals surface area (Å²) in [5, 5.41) is 10.0. The van der Waals surface area contributed by atoms with Crippen molar-refractivity contribution in [3.05, 3.63) is 23.5 Å². The molecule has 0 bridgehead atoms. The maximum Gasteiger partial charge on any atom is 0.271 e. The molecule has 0 radical (unpaired) electrons. The van der Waals surface area contributed by atoms with E-state index in [0.29, 0.717) is 17.6 Å². The van der Waals surface area contributed by atoms with Gasteiger partial charge < -0.3 is 9.84 Å². The summed E-state index contributed by atoms with van der Waals surface area (Å²) in [5.74, 6) is 0.379. The van der Waals surface area contributed by atoms with Gasteiger partial charge in [-0.25, -0.2) is 0 Å². The van der Waals surface area contributed by atoms with Gasteiger partial charge in [0.05, 0.1) is 0 Å². The molecule has 0 aliphatic carbocycles. The van der Waals surface area contributed by atoms with E-state index in [9.17, 15) is 9.90 Å². The van der Waals surface area contributed by atoms with Gasteiger partial charge >= 0.3 is 0 Å². The lowest BCUT2D eigenvalue weighted by molar-refractivity contribution is -0.177. The third-order valence-electron chi connectivity index (χ3n) is 4.60. The van der Waals surface area contributed by atoms with Crippen molar-refractivity contribution in [3.8, 4) is 0 Å². The summed E-state index contributed by atoms with van der Waals surface area (Å²) < 4.78 is 5.46. The highest BCUT2D eigenvalue weighted by Crippen LogP contribution is 2.31. The van der Waals surface area contributed by atoms with Crippen LogP contribution in [0.25, 0.3) is 0 Å². The fourth-order valence-corrected chi connectivity index (χ4v) is 3.10. The first-order chi connectivity index (χ1) is 10.2. The van der Waals surface area contributed by atoms with Gasteiger partial charge in [0.25, 0.3) is 5.79 Å². The molecule has 0 aromatic rings. The molecule has 1 heterocycles. The summed E-state index contributed by atoms with van der Waals surface area (Å²) in [5.41, 5.74) is 0.931. The average molecular weight is 308 g/mol. The maximum absolute atomic E-state index is 11.8. The zero-order valence-corrected chi connectivity index (χ0v) is 15.0. The minimum absolute atomic E-state index is 0.264. The first-order valence-electron chi connectivity index (χ1n) is 8.58. The van der Waals surface area contributed by atoms with Gasteiger partial charge in [-0.1, -0.05) is 47.1 Å². The van der Waals surface area contributed by atoms with Crippen LogP contribution < -0.4 is 0 Å². The molecule has 0 saturated heterocycles. The monoisotopic (exact) mass is 308 g/mol. The molecule has 0 fully saturated rings. The highest BCUT2D eigenvalue weighted by molar-refractivity contribution is 5.98. The maximum atomic E-state index is 11.8. The third kappa shape index (κ3) is 4.98. The van der Waals surface area contributed by atoms with E-state index >= 15 is 0 Å². The minimum Gasteiger partial charge on any atom is -0.454 e. The molecular formula is C19H32O3. The van der Waals surface area contributed by atoms with Crippen LogP contribution in [0.1, 0.15) is 67.2 Å². The third-order valence-corrected chi connectivity index (χ3v) is 4.60. The molecule has 1 aliphatic rings. The predicted octanol–water partition coefficient (Wildman–Crippen LogP) is 4.61. The van der Waals surface area contributed by atoms with E-state index in [-0.39, 0.29) is 12.2 Å². The molecule has 22 heavy (non-hydrogen) atoms. The smallest absolute Gasteiger partial charge is 0.271 e. The number of carbonyl (C=O) groups excluding carboxylic acids is 1. The Labute approximate surface area is 135 Å². The van der Waals surface area contributed by atoms with Crippen LogP contribution in [0.15, 0.2) is 23.5 Å². The van der Waals surface area contributed by atoms with E-state index in [4.69, 9.17) is 4.74 Å². The van der Waals surface area contributed by atoms with Crippen molar-refractivity contribution in [3.63, 3.8) is 0 Å². The molecule has 0 spiro atoms. The summed E-state index contributed by atoms with van der Waals surface area (Å²) >= 11 is 0. The molecule has 1 unspecified atom stereocenters. The van der Waals surface area contributed by atoms with Crippen LogP contribution >= 0.6 is 0 Å².